The molecule has 0 saturated heterocycles. The number of fused-ring (bicyclic) bond motifs is 9. The van der Waals surface area contributed by atoms with E-state index in [0.29, 0.717) is 17.5 Å². The Balaban J connectivity index is 1.44. The van der Waals surface area contributed by atoms with E-state index in [0.717, 1.165) is 48.2 Å². The molecule has 2 bridgehead atoms. The average Bonchev–Trinajstić information content (AvgIpc) is 3.36. The maximum absolute atomic E-state index is 13.3. The Labute approximate surface area is 208 Å². The van der Waals surface area contributed by atoms with Gasteiger partial charge in [0.05, 0.1) is 24.4 Å². The van der Waals surface area contributed by atoms with E-state index in [2.05, 4.69) is 6.07 Å². The number of nitrogens with zero attached hydrogens (tertiary/aromatic N) is 4. The molecule has 3 heterocycles. The molecule has 1 amide bonds. The molecule has 1 aliphatic heterocycles. The summed E-state index contributed by atoms with van der Waals surface area (Å²) >= 11 is 0. The summed E-state index contributed by atoms with van der Waals surface area (Å²) in [4.78, 5) is 19.6. The van der Waals surface area contributed by atoms with E-state index >= 15 is 0 Å². The number of rotatable bonds is 4. The minimum atomic E-state index is -2.99. The topological polar surface area (TPSA) is 76.8 Å². The third kappa shape index (κ3) is 3.66. The van der Waals surface area contributed by atoms with Crippen LogP contribution >= 0.6 is 7.14 Å². The molecule has 3 aliphatic rings. The second-order valence-corrected chi connectivity index (χ2v) is 14.3. The lowest BCUT2D eigenvalue weighted by Gasteiger charge is -2.30. The molecule has 1 fully saturated rings. The number of carbonyl (C=O) groups is 1. The third-order valence-electron chi connectivity index (χ3n) is 8.38. The average molecular weight is 515 g/mol. The molecule has 1 saturated carbocycles. The smallest absolute Gasteiger partial charge is 0.387 e. The van der Waals surface area contributed by atoms with Crippen molar-refractivity contribution in [3.63, 3.8) is 0 Å². The van der Waals surface area contributed by atoms with Crippen molar-refractivity contribution in [1.29, 1.82) is 0 Å². The maximum atomic E-state index is 13.3. The number of amides is 1. The Bertz CT molecular complexity index is 1410. The summed E-state index contributed by atoms with van der Waals surface area (Å²) in [7, 11) is -0.368. The first-order valence-corrected chi connectivity index (χ1v) is 15.1. The molecule has 36 heavy (non-hydrogen) atoms. The lowest BCUT2D eigenvalue weighted by Crippen LogP contribution is -2.30. The van der Waals surface area contributed by atoms with E-state index in [1.807, 2.05) is 13.3 Å². The van der Waals surface area contributed by atoms with Gasteiger partial charge in [0.1, 0.15) is 12.1 Å². The highest BCUT2D eigenvalue weighted by molar-refractivity contribution is 7.63. The molecule has 2 aliphatic carbocycles. The number of alkyl halides is 2. The summed E-state index contributed by atoms with van der Waals surface area (Å²) in [6.45, 7) is 0.773. The first-order valence-electron chi connectivity index (χ1n) is 12.4. The summed E-state index contributed by atoms with van der Waals surface area (Å²) < 4.78 is 45.8. The van der Waals surface area contributed by atoms with Gasteiger partial charge >= 0.3 is 6.61 Å². The first-order chi connectivity index (χ1) is 17.1. The van der Waals surface area contributed by atoms with Crippen LogP contribution in [-0.2, 0) is 4.57 Å². The van der Waals surface area contributed by atoms with Crippen LogP contribution in [0.15, 0.2) is 30.6 Å². The molecule has 2 aromatic heterocycles. The molecule has 3 aromatic rings. The molecule has 1 aromatic carbocycles. The van der Waals surface area contributed by atoms with Crippen molar-refractivity contribution >= 4 is 18.6 Å². The summed E-state index contributed by atoms with van der Waals surface area (Å²) in [5, 5.41) is 4.79. The Kier molecular flexibility index (Phi) is 5.48. The number of carbonyl (C=O) groups excluding carboxylic acids is 1. The summed E-state index contributed by atoms with van der Waals surface area (Å²) in [5.74, 6) is -0.197. The van der Waals surface area contributed by atoms with Gasteiger partial charge in [-0.2, -0.15) is 13.9 Å². The SMILES string of the molecule is CN1C(=O)c2cccc(OC(F)F)c2C2CC1c1nn3cnc(C4CCC(P(C)(C)=O)CC4)cc3c12. The molecular weight excluding hydrogens is 485 g/mol. The molecule has 190 valence electrons. The van der Waals surface area contributed by atoms with E-state index in [1.165, 1.54) is 6.07 Å². The monoisotopic (exact) mass is 514 g/mol. The van der Waals surface area contributed by atoms with Crippen molar-refractivity contribution < 1.29 is 22.9 Å². The van der Waals surface area contributed by atoms with Crippen molar-refractivity contribution in [2.75, 3.05) is 20.4 Å². The Morgan fingerprint density at radius 1 is 1.14 bits per heavy atom. The number of benzene rings is 1. The van der Waals surface area contributed by atoms with E-state index < -0.39 is 13.8 Å². The van der Waals surface area contributed by atoms with Gasteiger partial charge in [-0.15, -0.1) is 0 Å². The van der Waals surface area contributed by atoms with Crippen molar-refractivity contribution in [2.45, 2.75) is 62.3 Å². The van der Waals surface area contributed by atoms with Gasteiger partial charge in [-0.25, -0.2) is 9.50 Å². The fourth-order valence-corrected chi connectivity index (χ4v) is 8.05. The van der Waals surface area contributed by atoms with Crippen molar-refractivity contribution in [3.8, 4) is 5.75 Å². The minimum absolute atomic E-state index is 0.0401. The van der Waals surface area contributed by atoms with Crippen LogP contribution in [-0.4, -0.2) is 58.1 Å². The molecule has 7 nitrogen and oxygen atoms in total. The van der Waals surface area contributed by atoms with Gasteiger partial charge in [-0.05, 0) is 63.6 Å². The predicted octanol–water partition coefficient (Wildman–Crippen LogP) is 5.64. The highest BCUT2D eigenvalue weighted by atomic mass is 31.2. The van der Waals surface area contributed by atoms with Crippen LogP contribution in [0.25, 0.3) is 5.52 Å². The predicted molar refractivity (Wildman–Crippen MR) is 132 cm³/mol. The van der Waals surface area contributed by atoms with E-state index in [-0.39, 0.29) is 35.2 Å². The van der Waals surface area contributed by atoms with E-state index in [9.17, 15) is 18.1 Å². The number of ether oxygens (including phenoxy) is 1. The van der Waals surface area contributed by atoms with Gasteiger partial charge in [0.25, 0.3) is 5.91 Å². The quantitative estimate of drug-likeness (QED) is 0.421. The van der Waals surface area contributed by atoms with Crippen LogP contribution in [0.4, 0.5) is 8.78 Å². The molecule has 0 spiro atoms. The van der Waals surface area contributed by atoms with E-state index in [1.54, 1.807) is 34.9 Å². The van der Waals surface area contributed by atoms with Crippen molar-refractivity contribution in [3.05, 3.63) is 58.7 Å². The molecule has 6 rings (SSSR count). The number of halogens is 2. The zero-order valence-electron chi connectivity index (χ0n) is 20.5. The maximum Gasteiger partial charge on any atom is 0.387 e. The van der Waals surface area contributed by atoms with Gasteiger partial charge in [-0.1, -0.05) is 6.07 Å². The van der Waals surface area contributed by atoms with Crippen LogP contribution in [0.3, 0.4) is 0 Å². The standard InChI is InChI=1S/C26H29F2N4O3P/c1-31-20-11-17(22-16(25(31)33)5-4-6-21(22)35-26(27)28)23-19-12-18(29-13-32(19)30-24(20)23)14-7-9-15(10-8-14)36(2,3)34/h4-6,12-15,17,20,26H,7-11H2,1-3H3. The van der Waals surface area contributed by atoms with Gasteiger partial charge in [0.2, 0.25) is 0 Å². The highest BCUT2D eigenvalue weighted by Gasteiger charge is 2.46. The van der Waals surface area contributed by atoms with Gasteiger partial charge in [0.15, 0.2) is 0 Å². The molecule has 10 heteroatoms. The highest BCUT2D eigenvalue weighted by Crippen LogP contribution is 2.54. The van der Waals surface area contributed by atoms with Crippen LogP contribution in [0.1, 0.15) is 82.9 Å². The van der Waals surface area contributed by atoms with Crippen LogP contribution in [0, 0.1) is 0 Å². The fourth-order valence-electron chi connectivity index (χ4n) is 6.51. The lowest BCUT2D eigenvalue weighted by molar-refractivity contribution is -0.0505. The second kappa shape index (κ2) is 8.37. The Morgan fingerprint density at radius 2 is 1.89 bits per heavy atom. The largest absolute Gasteiger partial charge is 0.434 e. The van der Waals surface area contributed by atoms with Crippen molar-refractivity contribution in [2.24, 2.45) is 0 Å². The third-order valence-corrected chi connectivity index (χ3v) is 10.7. The van der Waals surface area contributed by atoms with Crippen LogP contribution in [0.5, 0.6) is 5.75 Å². The van der Waals surface area contributed by atoms with Gasteiger partial charge < -0.3 is 14.2 Å². The molecular formula is C26H29F2N4O3P. The molecule has 2 unspecified atom stereocenters. The number of aromatic nitrogens is 3. The second-order valence-electron chi connectivity index (χ2n) is 10.7. The van der Waals surface area contributed by atoms with E-state index in [4.69, 9.17) is 14.8 Å². The summed E-state index contributed by atoms with van der Waals surface area (Å²) in [6, 6.07) is 6.59. The van der Waals surface area contributed by atoms with Crippen LogP contribution < -0.4 is 4.74 Å². The molecule has 0 radical (unpaired) electrons. The number of hydrogen-bond acceptors (Lipinski definition) is 5. The summed E-state index contributed by atoms with van der Waals surface area (Å²) in [6.07, 6.45) is 6.02. The number of hydrogen-bond donors (Lipinski definition) is 0. The first kappa shape index (κ1) is 23.6. The molecule has 0 N–H and O–H groups in total. The Hall–Kier alpha value is -2.80. The van der Waals surface area contributed by atoms with Crippen molar-refractivity contribution in [1.82, 2.24) is 19.5 Å². The van der Waals surface area contributed by atoms with Gasteiger partial charge in [0, 0.05) is 46.9 Å². The summed E-state index contributed by atoms with van der Waals surface area (Å²) in [5.41, 5.74) is 4.78. The fraction of sp³-hybridized carbons (Fsp3) is 0.500. The lowest BCUT2D eigenvalue weighted by atomic mass is 9.85. The molecule has 2 atom stereocenters. The zero-order chi connectivity index (χ0) is 25.4. The minimum Gasteiger partial charge on any atom is -0.434 e. The Morgan fingerprint density at radius 3 is 2.58 bits per heavy atom. The normalized spacial score (nSPS) is 25.7. The van der Waals surface area contributed by atoms with Crippen LogP contribution in [0.2, 0.25) is 0 Å². The zero-order valence-corrected chi connectivity index (χ0v) is 21.4. The van der Waals surface area contributed by atoms with Gasteiger partial charge in [-0.3, -0.25) is 4.79 Å².